The first-order chi connectivity index (χ1) is 18.5. The number of carboxylic acids is 1. The molecule has 4 aromatic rings. The van der Waals surface area contributed by atoms with E-state index < -0.39 is 12.3 Å². The van der Waals surface area contributed by atoms with E-state index in [9.17, 15) is 15.0 Å². The van der Waals surface area contributed by atoms with Gasteiger partial charge in [-0.1, -0.05) is 66.7 Å². The van der Waals surface area contributed by atoms with Crippen molar-refractivity contribution in [2.45, 2.75) is 36.0 Å². The van der Waals surface area contributed by atoms with Gasteiger partial charge in [0, 0.05) is 29.1 Å². The fourth-order valence-corrected chi connectivity index (χ4v) is 5.74. The van der Waals surface area contributed by atoms with Crippen LogP contribution in [-0.2, 0) is 16.1 Å². The van der Waals surface area contributed by atoms with Crippen molar-refractivity contribution in [3.63, 3.8) is 0 Å². The second kappa shape index (κ2) is 11.8. The number of aromatic nitrogens is 1. The molecular weight excluding hydrogens is 500 g/mol. The summed E-state index contributed by atoms with van der Waals surface area (Å²) in [6, 6.07) is 28.4. The topological polar surface area (TPSA) is 115 Å². The number of carboxylic acid groups (broad SMARTS) is 1. The molecule has 0 saturated carbocycles. The predicted octanol–water partition coefficient (Wildman–Crippen LogP) is 5.59. The van der Waals surface area contributed by atoms with Gasteiger partial charge in [-0.15, -0.1) is 11.8 Å². The Balaban J connectivity index is 1.55. The number of nitrogens with zero attached hydrogens (tertiary/aromatic N) is 1. The van der Waals surface area contributed by atoms with Gasteiger partial charge in [-0.05, 0) is 41.0 Å². The Morgan fingerprint density at radius 3 is 2.37 bits per heavy atom. The van der Waals surface area contributed by atoms with Crippen molar-refractivity contribution in [3.05, 3.63) is 125 Å². The van der Waals surface area contributed by atoms with Crippen LogP contribution in [0, 0.1) is 0 Å². The number of aliphatic hydroxyl groups is 1. The Labute approximate surface area is 225 Å². The number of thioether (sulfide) groups is 1. The zero-order valence-corrected chi connectivity index (χ0v) is 21.3. The maximum absolute atomic E-state index is 11.8. The van der Waals surface area contributed by atoms with E-state index in [0.29, 0.717) is 16.5 Å². The number of anilines is 1. The fraction of sp³-hybridized carbons (Fsp3) is 0.200. The number of benzene rings is 3. The van der Waals surface area contributed by atoms with Crippen LogP contribution in [-0.4, -0.2) is 33.0 Å². The third-order valence-electron chi connectivity index (χ3n) is 6.54. The molecule has 4 N–H and O–H groups in total. The lowest BCUT2D eigenvalue weighted by atomic mass is 9.84. The molecule has 38 heavy (non-hydrogen) atoms. The number of carbonyl (C=O) groups is 1. The van der Waals surface area contributed by atoms with Gasteiger partial charge in [0.15, 0.2) is 6.29 Å². The highest BCUT2D eigenvalue weighted by Gasteiger charge is 2.42. The van der Waals surface area contributed by atoms with E-state index in [0.717, 1.165) is 22.3 Å². The molecule has 1 unspecified atom stereocenters. The maximum atomic E-state index is 11.8. The lowest BCUT2D eigenvalue weighted by Crippen LogP contribution is -2.38. The number of aromatic carboxylic acids is 1. The third kappa shape index (κ3) is 5.74. The molecule has 1 aliphatic heterocycles. The molecular formula is C30H28N2O5S. The summed E-state index contributed by atoms with van der Waals surface area (Å²) in [6.07, 6.45) is 0.177. The van der Waals surface area contributed by atoms with E-state index >= 15 is 0 Å². The number of nitrogen functional groups attached to an aromatic ring is 1. The number of aliphatic hydroxyl groups excluding tert-OH is 1. The van der Waals surface area contributed by atoms with Gasteiger partial charge in [0.2, 0.25) is 0 Å². The summed E-state index contributed by atoms with van der Waals surface area (Å²) < 4.78 is 13.2. The van der Waals surface area contributed by atoms with Crippen molar-refractivity contribution in [2.75, 3.05) is 11.5 Å². The van der Waals surface area contributed by atoms with Crippen LogP contribution in [0.4, 0.5) is 5.69 Å². The molecule has 0 radical (unpaired) electrons. The summed E-state index contributed by atoms with van der Waals surface area (Å²) in [5.41, 5.74) is 10.4. The Morgan fingerprint density at radius 1 is 0.895 bits per heavy atom. The minimum absolute atomic E-state index is 0.0435. The number of hydrogen-bond acceptors (Lipinski definition) is 7. The fourth-order valence-electron chi connectivity index (χ4n) is 4.69. The third-order valence-corrected chi connectivity index (χ3v) is 7.63. The highest BCUT2D eigenvalue weighted by atomic mass is 32.2. The van der Waals surface area contributed by atoms with E-state index in [2.05, 4.69) is 17.1 Å². The maximum Gasteiger partial charge on any atom is 0.338 e. The van der Waals surface area contributed by atoms with Gasteiger partial charge in [-0.3, -0.25) is 0 Å². The minimum Gasteiger partial charge on any atom is -0.478 e. The predicted molar refractivity (Wildman–Crippen MR) is 146 cm³/mol. The summed E-state index contributed by atoms with van der Waals surface area (Å²) in [5.74, 6) is -0.768. The number of nitrogens with two attached hydrogens (primary N) is 1. The second-order valence-electron chi connectivity index (χ2n) is 9.04. The molecule has 3 aromatic carbocycles. The van der Waals surface area contributed by atoms with Crippen molar-refractivity contribution in [3.8, 4) is 0 Å². The van der Waals surface area contributed by atoms with Gasteiger partial charge in [-0.2, -0.15) is 0 Å². The molecule has 1 aliphatic rings. The molecule has 0 spiro atoms. The van der Waals surface area contributed by atoms with Gasteiger partial charge in [0.25, 0.3) is 0 Å². The van der Waals surface area contributed by atoms with Crippen molar-refractivity contribution >= 4 is 23.4 Å². The second-order valence-corrected chi connectivity index (χ2v) is 10.1. The van der Waals surface area contributed by atoms with E-state index in [1.165, 1.54) is 11.8 Å². The van der Waals surface area contributed by atoms with Gasteiger partial charge >= 0.3 is 5.97 Å². The van der Waals surface area contributed by atoms with Gasteiger partial charge in [0.05, 0.1) is 24.4 Å². The van der Waals surface area contributed by atoms with E-state index in [1.807, 2.05) is 66.7 Å². The van der Waals surface area contributed by atoms with E-state index in [1.54, 1.807) is 18.3 Å². The summed E-state index contributed by atoms with van der Waals surface area (Å²) in [7, 11) is 0. The highest BCUT2D eigenvalue weighted by molar-refractivity contribution is 7.99. The standard InChI is InChI=1S/C30H28N2O5S/c31-23-9-4-8-22(16-23)30-36-25(18-38-28-24(29(34)35)10-5-15-32-28)26(20-6-2-1-3-7-20)27(37-30)21-13-11-19(17-33)12-14-21/h1-16,25-27,30,33H,17-18,31H2,(H,34,35)/t25-,26-,27+,30?/m1/s1. The van der Waals surface area contributed by atoms with Crippen molar-refractivity contribution in [1.29, 1.82) is 0 Å². The number of ether oxygens (including phenoxy) is 2. The Kier molecular flexibility index (Phi) is 8.05. The zero-order chi connectivity index (χ0) is 26.5. The first-order valence-corrected chi connectivity index (χ1v) is 13.2. The molecule has 0 amide bonds. The first-order valence-electron chi connectivity index (χ1n) is 12.3. The van der Waals surface area contributed by atoms with Gasteiger partial charge < -0.3 is 25.4 Å². The molecule has 8 heteroatoms. The molecule has 5 rings (SSSR count). The monoisotopic (exact) mass is 528 g/mol. The van der Waals surface area contributed by atoms with Crippen LogP contribution in [0.2, 0.25) is 0 Å². The first kappa shape index (κ1) is 25.9. The average molecular weight is 529 g/mol. The number of rotatable bonds is 8. The van der Waals surface area contributed by atoms with Crippen LogP contribution in [0.15, 0.2) is 102 Å². The zero-order valence-electron chi connectivity index (χ0n) is 20.5. The Morgan fingerprint density at radius 2 is 1.66 bits per heavy atom. The summed E-state index contributed by atoms with van der Waals surface area (Å²) >= 11 is 1.35. The normalized spacial score (nSPS) is 21.2. The molecule has 1 aromatic heterocycles. The average Bonchev–Trinajstić information content (AvgIpc) is 2.96. The van der Waals surface area contributed by atoms with Crippen LogP contribution in [0.1, 0.15) is 50.9 Å². The smallest absolute Gasteiger partial charge is 0.338 e. The summed E-state index contributed by atoms with van der Waals surface area (Å²) in [4.78, 5) is 16.1. The summed E-state index contributed by atoms with van der Waals surface area (Å²) in [5, 5.41) is 19.6. The minimum atomic E-state index is -1.02. The molecule has 4 atom stereocenters. The van der Waals surface area contributed by atoms with Crippen molar-refractivity contribution in [2.24, 2.45) is 0 Å². The molecule has 0 aliphatic carbocycles. The largest absolute Gasteiger partial charge is 0.478 e. The Bertz CT molecular complexity index is 1380. The van der Waals surface area contributed by atoms with Crippen LogP contribution in [0.25, 0.3) is 0 Å². The van der Waals surface area contributed by atoms with E-state index in [-0.39, 0.29) is 30.3 Å². The number of pyridine rings is 1. The van der Waals surface area contributed by atoms with Crippen LogP contribution >= 0.6 is 11.8 Å². The van der Waals surface area contributed by atoms with Gasteiger partial charge in [0.1, 0.15) is 5.03 Å². The van der Waals surface area contributed by atoms with Crippen LogP contribution < -0.4 is 5.73 Å². The lowest BCUT2D eigenvalue weighted by Gasteiger charge is -2.43. The molecule has 1 saturated heterocycles. The van der Waals surface area contributed by atoms with Crippen LogP contribution in [0.3, 0.4) is 0 Å². The number of hydrogen-bond donors (Lipinski definition) is 3. The van der Waals surface area contributed by atoms with E-state index in [4.69, 9.17) is 15.2 Å². The lowest BCUT2D eigenvalue weighted by molar-refractivity contribution is -0.255. The quantitative estimate of drug-likeness (QED) is 0.200. The van der Waals surface area contributed by atoms with Crippen molar-refractivity contribution < 1.29 is 24.5 Å². The molecule has 1 fully saturated rings. The summed E-state index contributed by atoms with van der Waals surface area (Å²) in [6.45, 7) is -0.0435. The van der Waals surface area contributed by atoms with Gasteiger partial charge in [-0.25, -0.2) is 9.78 Å². The SMILES string of the molecule is Nc1cccc(C2O[C@H](CSc3ncccc3C(=O)O)[C@@H](c3ccccc3)[C@H](c3ccc(CO)cc3)O2)c1. The van der Waals surface area contributed by atoms with Crippen LogP contribution in [0.5, 0.6) is 0 Å². The highest BCUT2D eigenvalue weighted by Crippen LogP contribution is 2.48. The van der Waals surface area contributed by atoms with Crippen molar-refractivity contribution in [1.82, 2.24) is 4.98 Å². The Hall–Kier alpha value is -3.69. The molecule has 2 heterocycles. The molecule has 7 nitrogen and oxygen atoms in total. The molecule has 0 bridgehead atoms. The molecule has 194 valence electrons.